The van der Waals surface area contributed by atoms with Gasteiger partial charge in [-0.15, -0.1) is 11.3 Å². The van der Waals surface area contributed by atoms with E-state index >= 15 is 0 Å². The second kappa shape index (κ2) is 8.87. The molecule has 0 saturated carbocycles. The standard InChI is InChI=1S/C19H20N4O2S/c1-20-19(22-13-16-4-3-11-26-16)21-12-14-6-8-15(9-7-14)23-18(24)17-5-2-10-25-17/h2-11H,12-13H2,1H3,(H,23,24)(H2,20,21,22). The van der Waals surface area contributed by atoms with Gasteiger partial charge in [-0.25, -0.2) is 0 Å². The third-order valence-corrected chi connectivity index (χ3v) is 4.53. The molecule has 2 aromatic heterocycles. The molecular weight excluding hydrogens is 348 g/mol. The van der Waals surface area contributed by atoms with E-state index in [0.29, 0.717) is 6.54 Å². The van der Waals surface area contributed by atoms with Crippen molar-refractivity contribution >= 4 is 28.9 Å². The first-order valence-electron chi connectivity index (χ1n) is 8.15. The van der Waals surface area contributed by atoms with Gasteiger partial charge in [0.1, 0.15) is 0 Å². The van der Waals surface area contributed by atoms with Crippen LogP contribution in [0.2, 0.25) is 0 Å². The van der Waals surface area contributed by atoms with Gasteiger partial charge in [0, 0.05) is 24.2 Å². The lowest BCUT2D eigenvalue weighted by atomic mass is 10.2. The van der Waals surface area contributed by atoms with E-state index in [1.807, 2.05) is 30.3 Å². The molecule has 2 heterocycles. The second-order valence-electron chi connectivity index (χ2n) is 5.49. The molecule has 0 fully saturated rings. The van der Waals surface area contributed by atoms with Gasteiger partial charge in [0.2, 0.25) is 0 Å². The van der Waals surface area contributed by atoms with Gasteiger partial charge in [-0.1, -0.05) is 18.2 Å². The number of nitrogens with zero attached hydrogens (tertiary/aromatic N) is 1. The maximum Gasteiger partial charge on any atom is 0.291 e. The number of furan rings is 1. The van der Waals surface area contributed by atoms with Gasteiger partial charge in [0.05, 0.1) is 12.8 Å². The Morgan fingerprint density at radius 3 is 2.54 bits per heavy atom. The molecule has 0 aliphatic heterocycles. The number of anilines is 1. The zero-order valence-corrected chi connectivity index (χ0v) is 15.2. The van der Waals surface area contributed by atoms with Crippen LogP contribution in [-0.2, 0) is 13.1 Å². The molecule has 26 heavy (non-hydrogen) atoms. The van der Waals surface area contributed by atoms with Crippen LogP contribution in [0.1, 0.15) is 21.0 Å². The van der Waals surface area contributed by atoms with Gasteiger partial charge in [0.25, 0.3) is 5.91 Å². The van der Waals surface area contributed by atoms with Crippen LogP contribution in [0.25, 0.3) is 0 Å². The summed E-state index contributed by atoms with van der Waals surface area (Å²) in [5.74, 6) is 0.768. The fourth-order valence-corrected chi connectivity index (χ4v) is 2.94. The van der Waals surface area contributed by atoms with Gasteiger partial charge >= 0.3 is 0 Å². The predicted molar refractivity (Wildman–Crippen MR) is 104 cm³/mol. The summed E-state index contributed by atoms with van der Waals surface area (Å²) in [4.78, 5) is 17.4. The molecule has 0 bridgehead atoms. The highest BCUT2D eigenvalue weighted by Crippen LogP contribution is 2.12. The van der Waals surface area contributed by atoms with E-state index in [1.165, 1.54) is 11.1 Å². The molecule has 1 amide bonds. The van der Waals surface area contributed by atoms with Crippen molar-refractivity contribution in [2.24, 2.45) is 4.99 Å². The molecule has 0 saturated heterocycles. The molecule has 6 nitrogen and oxygen atoms in total. The van der Waals surface area contributed by atoms with Gasteiger partial charge in [-0.2, -0.15) is 0 Å². The molecule has 0 spiro atoms. The molecule has 0 aliphatic carbocycles. The lowest BCUT2D eigenvalue weighted by molar-refractivity contribution is 0.0996. The normalized spacial score (nSPS) is 11.2. The van der Waals surface area contributed by atoms with Gasteiger partial charge in [0.15, 0.2) is 11.7 Å². The smallest absolute Gasteiger partial charge is 0.291 e. The molecule has 3 N–H and O–H groups in total. The van der Waals surface area contributed by atoms with Crippen molar-refractivity contribution in [2.75, 3.05) is 12.4 Å². The summed E-state index contributed by atoms with van der Waals surface area (Å²) < 4.78 is 5.08. The fourth-order valence-electron chi connectivity index (χ4n) is 2.30. The average Bonchev–Trinajstić information content (AvgIpc) is 3.37. The maximum atomic E-state index is 11.9. The van der Waals surface area contributed by atoms with Gasteiger partial charge in [-0.05, 0) is 41.3 Å². The number of hydrogen-bond donors (Lipinski definition) is 3. The SMILES string of the molecule is CN=C(NCc1ccc(NC(=O)c2ccco2)cc1)NCc1cccs1. The molecule has 3 aromatic rings. The Bertz CT molecular complexity index is 840. The summed E-state index contributed by atoms with van der Waals surface area (Å²) in [5.41, 5.74) is 1.80. The van der Waals surface area contributed by atoms with Crippen molar-refractivity contribution in [1.82, 2.24) is 10.6 Å². The van der Waals surface area contributed by atoms with E-state index < -0.39 is 0 Å². The van der Waals surface area contributed by atoms with Crippen molar-refractivity contribution in [2.45, 2.75) is 13.1 Å². The number of amides is 1. The minimum absolute atomic E-state index is 0.265. The summed E-state index contributed by atoms with van der Waals surface area (Å²) >= 11 is 1.71. The molecule has 3 rings (SSSR count). The number of guanidine groups is 1. The van der Waals surface area contributed by atoms with E-state index in [1.54, 1.807) is 30.5 Å². The summed E-state index contributed by atoms with van der Waals surface area (Å²) in [6.07, 6.45) is 1.48. The molecule has 134 valence electrons. The van der Waals surface area contributed by atoms with Crippen LogP contribution in [0.4, 0.5) is 5.69 Å². The van der Waals surface area contributed by atoms with E-state index in [-0.39, 0.29) is 11.7 Å². The highest BCUT2D eigenvalue weighted by Gasteiger charge is 2.08. The van der Waals surface area contributed by atoms with Crippen molar-refractivity contribution in [1.29, 1.82) is 0 Å². The Hall–Kier alpha value is -3.06. The van der Waals surface area contributed by atoms with Crippen LogP contribution in [0.15, 0.2) is 69.6 Å². The average molecular weight is 368 g/mol. The van der Waals surface area contributed by atoms with Crippen molar-refractivity contribution in [3.63, 3.8) is 0 Å². The summed E-state index contributed by atoms with van der Waals surface area (Å²) in [6.45, 7) is 1.38. The largest absolute Gasteiger partial charge is 0.459 e. The second-order valence-corrected chi connectivity index (χ2v) is 6.52. The lowest BCUT2D eigenvalue weighted by Crippen LogP contribution is -2.36. The summed E-state index contributed by atoms with van der Waals surface area (Å²) in [6, 6.07) is 15.1. The molecule has 0 unspecified atom stereocenters. The zero-order chi connectivity index (χ0) is 18.2. The van der Waals surface area contributed by atoms with Crippen LogP contribution in [-0.4, -0.2) is 18.9 Å². The monoisotopic (exact) mass is 368 g/mol. The molecule has 7 heteroatoms. The molecule has 0 radical (unpaired) electrons. The lowest BCUT2D eigenvalue weighted by Gasteiger charge is -2.11. The Labute approximate surface area is 156 Å². The first kappa shape index (κ1) is 17.8. The third-order valence-electron chi connectivity index (χ3n) is 3.65. The van der Waals surface area contributed by atoms with Crippen LogP contribution >= 0.6 is 11.3 Å². The summed E-state index contributed by atoms with van der Waals surface area (Å²) in [7, 11) is 1.75. The number of carbonyl (C=O) groups is 1. The van der Waals surface area contributed by atoms with Crippen LogP contribution in [0, 0.1) is 0 Å². The summed E-state index contributed by atoms with van der Waals surface area (Å²) in [5, 5.41) is 11.4. The van der Waals surface area contributed by atoms with Crippen LogP contribution < -0.4 is 16.0 Å². The van der Waals surface area contributed by atoms with E-state index in [4.69, 9.17) is 4.42 Å². The first-order chi connectivity index (χ1) is 12.7. The minimum Gasteiger partial charge on any atom is -0.459 e. The van der Waals surface area contributed by atoms with E-state index in [2.05, 4.69) is 32.4 Å². The fraction of sp³-hybridized carbons (Fsp3) is 0.158. The highest BCUT2D eigenvalue weighted by atomic mass is 32.1. The Morgan fingerprint density at radius 2 is 1.88 bits per heavy atom. The van der Waals surface area contributed by atoms with Gasteiger partial charge < -0.3 is 20.4 Å². The predicted octanol–water partition coefficient (Wildman–Crippen LogP) is 3.46. The van der Waals surface area contributed by atoms with Gasteiger partial charge in [-0.3, -0.25) is 9.79 Å². The van der Waals surface area contributed by atoms with Crippen LogP contribution in [0.3, 0.4) is 0 Å². The first-order valence-corrected chi connectivity index (χ1v) is 9.03. The molecular formula is C19H20N4O2S. The Morgan fingerprint density at radius 1 is 1.08 bits per heavy atom. The third kappa shape index (κ3) is 4.97. The van der Waals surface area contributed by atoms with Crippen molar-refractivity contribution in [3.8, 4) is 0 Å². The Balaban J connectivity index is 1.48. The van der Waals surface area contributed by atoms with Crippen molar-refractivity contribution in [3.05, 3.63) is 76.4 Å². The number of thiophene rings is 1. The van der Waals surface area contributed by atoms with Crippen molar-refractivity contribution < 1.29 is 9.21 Å². The maximum absolute atomic E-state index is 11.9. The van der Waals surface area contributed by atoms with E-state index in [0.717, 1.165) is 23.8 Å². The number of benzene rings is 1. The van der Waals surface area contributed by atoms with E-state index in [9.17, 15) is 4.79 Å². The topological polar surface area (TPSA) is 78.7 Å². The Kier molecular flexibility index (Phi) is 6.05. The quantitative estimate of drug-likeness (QED) is 0.460. The zero-order valence-electron chi connectivity index (χ0n) is 14.4. The number of rotatable bonds is 6. The molecule has 1 aromatic carbocycles. The minimum atomic E-state index is -0.265. The molecule has 0 aliphatic rings. The number of hydrogen-bond acceptors (Lipinski definition) is 4. The highest BCUT2D eigenvalue weighted by molar-refractivity contribution is 7.09. The van der Waals surface area contributed by atoms with Crippen LogP contribution in [0.5, 0.6) is 0 Å². The number of nitrogens with one attached hydrogen (secondary N) is 3. The molecule has 0 atom stereocenters. The number of carbonyl (C=O) groups excluding carboxylic acids is 1. The number of aliphatic imine (C=N–C) groups is 1.